The molecular formula is C12H19N3O4S. The molecular weight excluding hydrogens is 282 g/mol. The van der Waals surface area contributed by atoms with Gasteiger partial charge in [-0.2, -0.15) is 0 Å². The molecule has 0 aromatic carbocycles. The van der Waals surface area contributed by atoms with E-state index in [0.29, 0.717) is 6.54 Å². The molecule has 0 spiro atoms. The number of piperidine rings is 1. The third-order valence-corrected chi connectivity index (χ3v) is 4.61. The van der Waals surface area contributed by atoms with Gasteiger partial charge in [-0.1, -0.05) is 6.92 Å². The Morgan fingerprint density at radius 1 is 1.50 bits per heavy atom. The zero-order valence-electron chi connectivity index (χ0n) is 11.5. The molecule has 1 aromatic rings. The van der Waals surface area contributed by atoms with Crippen LogP contribution in [0.4, 0.5) is 0 Å². The molecule has 2 atom stereocenters. The lowest BCUT2D eigenvalue weighted by Crippen LogP contribution is -2.46. The molecule has 1 aliphatic rings. The number of primary sulfonamides is 1. The summed E-state index contributed by atoms with van der Waals surface area (Å²) in [5.74, 6) is -0.138. The predicted molar refractivity (Wildman–Crippen MR) is 72.5 cm³/mol. The van der Waals surface area contributed by atoms with Crippen LogP contribution >= 0.6 is 0 Å². The summed E-state index contributed by atoms with van der Waals surface area (Å²) in [5.41, 5.74) is 0.246. The van der Waals surface area contributed by atoms with Gasteiger partial charge in [0.15, 0.2) is 0 Å². The lowest BCUT2D eigenvalue weighted by atomic mass is 9.96. The first-order valence-electron chi connectivity index (χ1n) is 6.36. The summed E-state index contributed by atoms with van der Waals surface area (Å²) in [5, 5.41) is 14.9. The average molecular weight is 301 g/mol. The fourth-order valence-electron chi connectivity index (χ4n) is 2.30. The summed E-state index contributed by atoms with van der Waals surface area (Å²) < 4.78 is 24.0. The quantitative estimate of drug-likeness (QED) is 0.769. The van der Waals surface area contributed by atoms with Crippen molar-refractivity contribution < 1.29 is 18.3 Å². The fraction of sp³-hybridized carbons (Fsp3) is 0.583. The maximum Gasteiger partial charge on any atom is 0.270 e. The van der Waals surface area contributed by atoms with Crippen molar-refractivity contribution in [3.05, 3.63) is 18.0 Å². The lowest BCUT2D eigenvalue weighted by molar-refractivity contribution is 0.0243. The molecule has 20 heavy (non-hydrogen) atoms. The first-order valence-corrected chi connectivity index (χ1v) is 7.91. The predicted octanol–water partition coefficient (Wildman–Crippen LogP) is -0.485. The average Bonchev–Trinajstić information content (AvgIpc) is 2.74. The second kappa shape index (κ2) is 5.19. The number of nitrogens with two attached hydrogens (primary N) is 1. The minimum atomic E-state index is -3.83. The van der Waals surface area contributed by atoms with Gasteiger partial charge in [0.1, 0.15) is 10.6 Å². The molecule has 2 unspecified atom stereocenters. The molecule has 2 rings (SSSR count). The molecule has 7 nitrogen and oxygen atoms in total. The van der Waals surface area contributed by atoms with Crippen LogP contribution in [0.1, 0.15) is 23.8 Å². The van der Waals surface area contributed by atoms with E-state index in [1.54, 1.807) is 7.05 Å². The number of rotatable bonds is 2. The van der Waals surface area contributed by atoms with Crippen molar-refractivity contribution in [3.63, 3.8) is 0 Å². The van der Waals surface area contributed by atoms with E-state index in [-0.39, 0.29) is 29.0 Å². The highest BCUT2D eigenvalue weighted by Crippen LogP contribution is 2.20. The molecule has 3 N–H and O–H groups in total. The fourth-order valence-corrected chi connectivity index (χ4v) is 2.88. The van der Waals surface area contributed by atoms with Gasteiger partial charge in [-0.25, -0.2) is 13.6 Å². The Bertz CT molecular complexity index is 623. The van der Waals surface area contributed by atoms with Crippen molar-refractivity contribution in [1.82, 2.24) is 9.47 Å². The highest BCUT2D eigenvalue weighted by Gasteiger charge is 2.29. The topological polar surface area (TPSA) is 106 Å². The number of aliphatic hydroxyl groups is 1. The first kappa shape index (κ1) is 15.0. The Hall–Kier alpha value is -1.38. The number of nitrogens with zero attached hydrogens (tertiary/aromatic N) is 2. The number of aromatic nitrogens is 1. The van der Waals surface area contributed by atoms with Gasteiger partial charge >= 0.3 is 0 Å². The van der Waals surface area contributed by atoms with E-state index in [1.807, 2.05) is 6.92 Å². The Morgan fingerprint density at radius 2 is 2.15 bits per heavy atom. The molecule has 112 valence electrons. The monoisotopic (exact) mass is 301 g/mol. The van der Waals surface area contributed by atoms with Crippen molar-refractivity contribution in [2.24, 2.45) is 18.1 Å². The number of carbonyl (C=O) groups excluding carboxylic acids is 1. The summed E-state index contributed by atoms with van der Waals surface area (Å²) in [4.78, 5) is 13.8. The van der Waals surface area contributed by atoms with Crippen LogP contribution in [0.2, 0.25) is 0 Å². The molecule has 0 bridgehead atoms. The number of hydrogen-bond donors (Lipinski definition) is 2. The maximum atomic E-state index is 12.4. The SMILES string of the molecule is CC1CCN(C(=O)c2cc(S(N)(=O)=O)cn2C)CC1O. The molecule has 1 fully saturated rings. The first-order chi connectivity index (χ1) is 9.20. The smallest absolute Gasteiger partial charge is 0.270 e. The van der Waals surface area contributed by atoms with Crippen LogP contribution in [0, 0.1) is 5.92 Å². The number of β-amino-alcohol motifs (C(OH)–C–C–N with tert-alkyl or cyclic N) is 1. The van der Waals surface area contributed by atoms with Crippen molar-refractivity contribution >= 4 is 15.9 Å². The largest absolute Gasteiger partial charge is 0.391 e. The van der Waals surface area contributed by atoms with E-state index >= 15 is 0 Å². The van der Waals surface area contributed by atoms with Crippen LogP contribution in [0.25, 0.3) is 0 Å². The molecule has 1 amide bonds. The highest BCUT2D eigenvalue weighted by molar-refractivity contribution is 7.89. The Morgan fingerprint density at radius 3 is 2.65 bits per heavy atom. The lowest BCUT2D eigenvalue weighted by Gasteiger charge is -2.34. The zero-order valence-corrected chi connectivity index (χ0v) is 12.3. The Labute approximate surface area is 118 Å². The van der Waals surface area contributed by atoms with Gasteiger partial charge in [0.25, 0.3) is 5.91 Å². The molecule has 8 heteroatoms. The van der Waals surface area contributed by atoms with Crippen LogP contribution < -0.4 is 5.14 Å². The Kier molecular flexibility index (Phi) is 3.90. The van der Waals surface area contributed by atoms with Crippen molar-refractivity contribution in [1.29, 1.82) is 0 Å². The van der Waals surface area contributed by atoms with Gasteiger partial charge in [-0.3, -0.25) is 4.79 Å². The number of sulfonamides is 1. The Balaban J connectivity index is 2.24. The number of hydrogen-bond acceptors (Lipinski definition) is 4. The summed E-state index contributed by atoms with van der Waals surface area (Å²) in [7, 11) is -2.24. The number of aliphatic hydroxyl groups excluding tert-OH is 1. The molecule has 2 heterocycles. The van der Waals surface area contributed by atoms with Gasteiger partial charge in [-0.15, -0.1) is 0 Å². The van der Waals surface area contributed by atoms with Gasteiger partial charge in [-0.05, 0) is 18.4 Å². The standard InChI is InChI=1S/C12H19N3O4S/c1-8-3-4-15(7-11(8)16)12(17)10-5-9(6-14(10)2)20(13,18)19/h5-6,8,11,16H,3-4,7H2,1-2H3,(H2,13,18,19). The molecule has 0 aliphatic carbocycles. The summed E-state index contributed by atoms with van der Waals surface area (Å²) in [6, 6.07) is 1.27. The second-order valence-corrected chi connectivity index (χ2v) is 6.86. The van der Waals surface area contributed by atoms with Crippen LogP contribution in [-0.4, -0.2) is 48.1 Å². The van der Waals surface area contributed by atoms with E-state index < -0.39 is 16.1 Å². The van der Waals surface area contributed by atoms with E-state index in [1.165, 1.54) is 21.7 Å². The van der Waals surface area contributed by atoms with Gasteiger partial charge < -0.3 is 14.6 Å². The molecule has 0 radical (unpaired) electrons. The van der Waals surface area contributed by atoms with Crippen molar-refractivity contribution in [2.75, 3.05) is 13.1 Å². The normalized spacial score (nSPS) is 23.9. The number of amides is 1. The third-order valence-electron chi connectivity index (χ3n) is 3.73. The minimum absolute atomic E-state index is 0.0886. The van der Waals surface area contributed by atoms with Gasteiger partial charge in [0.2, 0.25) is 10.0 Å². The van der Waals surface area contributed by atoms with Crippen LogP contribution in [-0.2, 0) is 17.1 Å². The van der Waals surface area contributed by atoms with Crippen LogP contribution in [0.15, 0.2) is 17.2 Å². The van der Waals surface area contributed by atoms with Crippen molar-refractivity contribution in [3.8, 4) is 0 Å². The summed E-state index contributed by atoms with van der Waals surface area (Å²) in [6.45, 7) is 2.75. The van der Waals surface area contributed by atoms with E-state index in [9.17, 15) is 18.3 Å². The number of likely N-dealkylation sites (tertiary alicyclic amines) is 1. The van der Waals surface area contributed by atoms with E-state index in [2.05, 4.69) is 0 Å². The summed E-state index contributed by atoms with van der Waals surface area (Å²) >= 11 is 0. The van der Waals surface area contributed by atoms with Crippen LogP contribution in [0.3, 0.4) is 0 Å². The number of carbonyl (C=O) groups is 1. The van der Waals surface area contributed by atoms with E-state index in [4.69, 9.17) is 5.14 Å². The van der Waals surface area contributed by atoms with Crippen LogP contribution in [0.5, 0.6) is 0 Å². The highest BCUT2D eigenvalue weighted by atomic mass is 32.2. The van der Waals surface area contributed by atoms with E-state index in [0.717, 1.165) is 6.42 Å². The minimum Gasteiger partial charge on any atom is -0.391 e. The zero-order chi connectivity index (χ0) is 15.1. The molecule has 1 aliphatic heterocycles. The van der Waals surface area contributed by atoms with Crippen molar-refractivity contribution in [2.45, 2.75) is 24.3 Å². The van der Waals surface area contributed by atoms with Gasteiger partial charge in [0, 0.05) is 26.3 Å². The maximum absolute atomic E-state index is 12.4. The second-order valence-electron chi connectivity index (χ2n) is 5.30. The molecule has 1 aromatic heterocycles. The number of aryl methyl sites for hydroxylation is 1. The van der Waals surface area contributed by atoms with Gasteiger partial charge in [0.05, 0.1) is 6.10 Å². The summed E-state index contributed by atoms with van der Waals surface area (Å²) in [6.07, 6.45) is 1.48. The molecule has 1 saturated heterocycles. The third kappa shape index (κ3) is 2.87. The molecule has 0 saturated carbocycles.